The molecule has 232 valence electrons. The number of ether oxygens (including phenoxy) is 2. The van der Waals surface area contributed by atoms with Gasteiger partial charge in [-0.2, -0.15) is 0 Å². The number of nitrogens with one attached hydrogen (secondary N) is 1. The summed E-state index contributed by atoms with van der Waals surface area (Å²) in [5.41, 5.74) is 6.64. The molecule has 0 fully saturated rings. The normalized spacial score (nSPS) is 12.5. The van der Waals surface area contributed by atoms with Gasteiger partial charge in [-0.25, -0.2) is 9.07 Å². The molecule has 5 rings (SSSR count). The van der Waals surface area contributed by atoms with Gasteiger partial charge in [-0.05, 0) is 61.7 Å². The summed E-state index contributed by atoms with van der Waals surface area (Å²) in [5, 5.41) is 12.5. The van der Waals surface area contributed by atoms with Gasteiger partial charge in [0.2, 0.25) is 0 Å². The molecule has 4 N–H and O–H groups in total. The quantitative estimate of drug-likeness (QED) is 0.186. The van der Waals surface area contributed by atoms with Crippen LogP contribution in [-0.4, -0.2) is 44.5 Å². The molecule has 2 atom stereocenters. The maximum absolute atomic E-state index is 15.2. The average molecular weight is 614 g/mol. The molecule has 0 saturated carbocycles. The van der Waals surface area contributed by atoms with Crippen LogP contribution in [0.5, 0.6) is 17.2 Å². The molecule has 0 aliphatic heterocycles. The third-order valence-electron chi connectivity index (χ3n) is 7.40. The summed E-state index contributed by atoms with van der Waals surface area (Å²) in [4.78, 5) is 42.8. The summed E-state index contributed by atoms with van der Waals surface area (Å²) in [7, 11) is 1.55. The van der Waals surface area contributed by atoms with E-state index in [1.807, 2.05) is 6.92 Å². The Labute approximate surface area is 257 Å². The number of carboxylic acids is 1. The van der Waals surface area contributed by atoms with Crippen LogP contribution in [-0.2, 0) is 11.3 Å². The van der Waals surface area contributed by atoms with Crippen molar-refractivity contribution in [2.75, 3.05) is 12.4 Å². The lowest BCUT2D eigenvalue weighted by Gasteiger charge is -2.19. The number of benzene rings is 3. The van der Waals surface area contributed by atoms with E-state index in [9.17, 15) is 19.5 Å². The van der Waals surface area contributed by atoms with E-state index >= 15 is 4.39 Å². The number of aromatic nitrogens is 3. The predicted molar refractivity (Wildman–Crippen MR) is 167 cm³/mol. The molecular formula is C33H32FN5O6. The molecule has 0 aliphatic carbocycles. The van der Waals surface area contributed by atoms with Crippen molar-refractivity contribution in [2.45, 2.75) is 32.9 Å². The standard InChI is InChI=1S/C33H32FN5O6/c1-19(15-26(35)33(42)43)18-38-20(2)30(32(41)39(38)22-7-5-4-6-8-22)31(40)37-21-9-12-29(25(34)16-21)45-28-13-14-36-27-17-23(44-3)10-11-24(27)28/h4-14,16-17,19,26H,15,18,35H2,1-3H3,(H,37,40)(H,42,43)/t19-,26+/m1/s1. The van der Waals surface area contributed by atoms with Gasteiger partial charge in [-0.15, -0.1) is 0 Å². The molecule has 0 bridgehead atoms. The Bertz CT molecular complexity index is 1940. The number of carbonyl (C=O) groups excluding carboxylic acids is 1. The maximum Gasteiger partial charge on any atom is 0.320 e. The zero-order valence-corrected chi connectivity index (χ0v) is 24.9. The molecule has 0 unspecified atom stereocenters. The number of para-hydroxylation sites is 1. The van der Waals surface area contributed by atoms with E-state index in [1.165, 1.54) is 16.8 Å². The number of anilines is 1. The lowest BCUT2D eigenvalue weighted by atomic mass is 10.0. The smallest absolute Gasteiger partial charge is 0.320 e. The molecule has 0 aliphatic rings. The number of methoxy groups -OCH3 is 1. The number of hydrogen-bond donors (Lipinski definition) is 3. The van der Waals surface area contributed by atoms with Crippen molar-refractivity contribution < 1.29 is 28.6 Å². The zero-order valence-electron chi connectivity index (χ0n) is 24.9. The van der Waals surface area contributed by atoms with Crippen LogP contribution in [0.4, 0.5) is 10.1 Å². The van der Waals surface area contributed by atoms with Crippen molar-refractivity contribution in [1.29, 1.82) is 0 Å². The molecule has 11 nitrogen and oxygen atoms in total. The van der Waals surface area contributed by atoms with Crippen LogP contribution in [0, 0.1) is 18.7 Å². The van der Waals surface area contributed by atoms with Gasteiger partial charge >= 0.3 is 5.97 Å². The van der Waals surface area contributed by atoms with Crippen molar-refractivity contribution in [3.63, 3.8) is 0 Å². The Morgan fingerprint density at radius 2 is 1.82 bits per heavy atom. The third-order valence-corrected chi connectivity index (χ3v) is 7.40. The summed E-state index contributed by atoms with van der Waals surface area (Å²) in [5.74, 6) is -1.88. The first kappa shape index (κ1) is 31.0. The molecular weight excluding hydrogens is 581 g/mol. The monoisotopic (exact) mass is 613 g/mol. The molecule has 12 heteroatoms. The summed E-state index contributed by atoms with van der Waals surface area (Å²) in [6.45, 7) is 3.67. The number of hydrogen-bond acceptors (Lipinski definition) is 7. The van der Waals surface area contributed by atoms with Gasteiger partial charge in [0.1, 0.15) is 23.1 Å². The van der Waals surface area contributed by atoms with Gasteiger partial charge in [-0.1, -0.05) is 25.1 Å². The molecule has 5 aromatic rings. The highest BCUT2D eigenvalue weighted by molar-refractivity contribution is 6.05. The van der Waals surface area contributed by atoms with E-state index in [0.717, 1.165) is 6.07 Å². The number of aliphatic carboxylic acids is 1. The number of carbonyl (C=O) groups is 2. The lowest BCUT2D eigenvalue weighted by Crippen LogP contribution is -2.33. The fourth-order valence-corrected chi connectivity index (χ4v) is 5.15. The predicted octanol–water partition coefficient (Wildman–Crippen LogP) is 5.13. The molecule has 0 saturated heterocycles. The molecule has 1 amide bonds. The Hall–Kier alpha value is -5.49. The number of carboxylic acid groups (broad SMARTS) is 1. The van der Waals surface area contributed by atoms with E-state index in [0.29, 0.717) is 33.8 Å². The number of pyridine rings is 1. The number of nitrogens with two attached hydrogens (primary N) is 1. The SMILES string of the molecule is COc1ccc2c(Oc3ccc(NC(=O)c4c(C)n(C[C@H](C)C[C@H](N)C(=O)O)n(-c5ccccc5)c4=O)cc3F)ccnc2c1. The Morgan fingerprint density at radius 3 is 2.51 bits per heavy atom. The van der Waals surface area contributed by atoms with E-state index < -0.39 is 29.3 Å². The van der Waals surface area contributed by atoms with Crippen LogP contribution < -0.4 is 26.1 Å². The van der Waals surface area contributed by atoms with Crippen molar-refractivity contribution in [3.05, 3.63) is 106 Å². The first-order valence-corrected chi connectivity index (χ1v) is 14.1. The zero-order chi connectivity index (χ0) is 32.2. The van der Waals surface area contributed by atoms with E-state index in [-0.39, 0.29) is 35.9 Å². The molecule has 0 radical (unpaired) electrons. The fraction of sp³-hybridized carbons (Fsp3) is 0.212. The second-order valence-electron chi connectivity index (χ2n) is 10.7. The number of nitrogens with zero attached hydrogens (tertiary/aromatic N) is 3. The summed E-state index contributed by atoms with van der Waals surface area (Å²) in [6, 6.07) is 18.5. The van der Waals surface area contributed by atoms with Gasteiger partial charge in [0.05, 0.1) is 24.0 Å². The number of fused-ring (bicyclic) bond motifs is 1. The van der Waals surface area contributed by atoms with Crippen LogP contribution >= 0.6 is 0 Å². The second-order valence-corrected chi connectivity index (χ2v) is 10.7. The van der Waals surface area contributed by atoms with Crippen molar-refractivity contribution in [3.8, 4) is 22.9 Å². The van der Waals surface area contributed by atoms with E-state index in [2.05, 4.69) is 10.3 Å². The highest BCUT2D eigenvalue weighted by atomic mass is 19.1. The van der Waals surface area contributed by atoms with Crippen LogP contribution in [0.1, 0.15) is 29.4 Å². The fourth-order valence-electron chi connectivity index (χ4n) is 5.15. The topological polar surface area (TPSA) is 151 Å². The van der Waals surface area contributed by atoms with Crippen LogP contribution in [0.2, 0.25) is 0 Å². The van der Waals surface area contributed by atoms with Crippen LogP contribution in [0.25, 0.3) is 16.6 Å². The molecule has 3 aromatic carbocycles. The van der Waals surface area contributed by atoms with Crippen LogP contribution in [0.15, 0.2) is 83.8 Å². The van der Waals surface area contributed by atoms with Gasteiger partial charge in [0.25, 0.3) is 11.5 Å². The minimum atomic E-state index is -1.12. The summed E-state index contributed by atoms with van der Waals surface area (Å²) in [6.07, 6.45) is 1.70. The molecule has 2 heterocycles. The molecule has 2 aromatic heterocycles. The maximum atomic E-state index is 15.2. The Morgan fingerprint density at radius 1 is 1.07 bits per heavy atom. The highest BCUT2D eigenvalue weighted by Crippen LogP contribution is 2.33. The number of halogens is 1. The number of amides is 1. The van der Waals surface area contributed by atoms with Gasteiger partial charge in [0.15, 0.2) is 11.6 Å². The second kappa shape index (κ2) is 13.0. The van der Waals surface area contributed by atoms with Crippen LogP contribution in [0.3, 0.4) is 0 Å². The van der Waals surface area contributed by atoms with E-state index in [1.54, 1.807) is 79.5 Å². The number of rotatable bonds is 11. The molecule has 45 heavy (non-hydrogen) atoms. The first-order chi connectivity index (χ1) is 21.6. The summed E-state index contributed by atoms with van der Waals surface area (Å²) < 4.78 is 29.3. The summed E-state index contributed by atoms with van der Waals surface area (Å²) >= 11 is 0. The Kier molecular flexibility index (Phi) is 8.96. The minimum Gasteiger partial charge on any atom is -0.497 e. The molecule has 0 spiro atoms. The highest BCUT2D eigenvalue weighted by Gasteiger charge is 2.26. The van der Waals surface area contributed by atoms with Gasteiger partial charge < -0.3 is 25.6 Å². The van der Waals surface area contributed by atoms with Gasteiger partial charge in [-0.3, -0.25) is 24.0 Å². The van der Waals surface area contributed by atoms with Crippen molar-refractivity contribution >= 4 is 28.5 Å². The minimum absolute atomic E-state index is 0.0707. The van der Waals surface area contributed by atoms with Crippen molar-refractivity contribution in [2.24, 2.45) is 11.7 Å². The average Bonchev–Trinajstić information content (AvgIpc) is 3.26. The lowest BCUT2D eigenvalue weighted by molar-refractivity contribution is -0.138. The van der Waals surface area contributed by atoms with Gasteiger partial charge in [0, 0.05) is 35.9 Å². The van der Waals surface area contributed by atoms with E-state index in [4.69, 9.17) is 15.2 Å². The largest absolute Gasteiger partial charge is 0.497 e. The van der Waals surface area contributed by atoms with Crippen molar-refractivity contribution in [1.82, 2.24) is 14.3 Å². The third kappa shape index (κ3) is 6.55. The first-order valence-electron chi connectivity index (χ1n) is 14.1. The Balaban J connectivity index is 1.41.